The van der Waals surface area contributed by atoms with Crippen molar-refractivity contribution in [3.63, 3.8) is 0 Å². The van der Waals surface area contributed by atoms with Gasteiger partial charge in [-0.25, -0.2) is 9.71 Å². The van der Waals surface area contributed by atoms with Crippen molar-refractivity contribution < 1.29 is 9.13 Å². The molecule has 1 aromatic heterocycles. The Kier molecular flexibility index (Phi) is 5.69. The van der Waals surface area contributed by atoms with Gasteiger partial charge in [0.05, 0.1) is 13.2 Å². The van der Waals surface area contributed by atoms with Crippen LogP contribution in [0, 0.1) is 12.7 Å². The summed E-state index contributed by atoms with van der Waals surface area (Å²) >= 11 is 0. The van der Waals surface area contributed by atoms with E-state index in [1.165, 1.54) is 29.5 Å². The molecule has 1 aliphatic rings. The minimum atomic E-state index is -0.312. The summed E-state index contributed by atoms with van der Waals surface area (Å²) in [6.45, 7) is 5.35. The number of halogens is 1. The van der Waals surface area contributed by atoms with Crippen LogP contribution in [0.15, 0.2) is 54.7 Å². The Morgan fingerprint density at radius 3 is 2.69 bits per heavy atom. The topological polar surface area (TPSA) is 31.5 Å². The first-order valence-electron chi connectivity index (χ1n) is 9.99. The molecular weight excluding hydrogens is 365 g/mol. The Bertz CT molecular complexity index is 983. The van der Waals surface area contributed by atoms with Crippen LogP contribution in [0.4, 0.5) is 4.39 Å². The number of aromatic nitrogens is 1. The van der Waals surface area contributed by atoms with Crippen molar-refractivity contribution in [2.75, 3.05) is 26.7 Å². The first-order chi connectivity index (χ1) is 14.1. The number of benzene rings is 2. The Morgan fingerprint density at radius 2 is 1.97 bits per heavy atom. The second kappa shape index (κ2) is 8.39. The number of piperazine rings is 1. The van der Waals surface area contributed by atoms with Crippen LogP contribution in [-0.4, -0.2) is 36.2 Å². The number of ether oxygens (including phenoxy) is 1. The van der Waals surface area contributed by atoms with E-state index in [0.717, 1.165) is 25.2 Å². The summed E-state index contributed by atoms with van der Waals surface area (Å²) in [6, 6.07) is 15.8. The number of aryl methyl sites for hydroxylation is 2. The molecule has 2 aromatic carbocycles. The van der Waals surface area contributed by atoms with Gasteiger partial charge in [0.2, 0.25) is 0 Å². The molecule has 0 spiro atoms. The molecule has 4 rings (SSSR count). The number of hydrogen-bond acceptors (Lipinski definition) is 2. The molecule has 4 nitrogen and oxygen atoms in total. The predicted octanol–water partition coefficient (Wildman–Crippen LogP) is 4.31. The maximum atomic E-state index is 14.1. The molecule has 0 bridgehead atoms. The molecule has 2 heterocycles. The number of rotatable bonds is 5. The standard InChI is InChI=1S/C24H27FN3O/c1-17-14-27(2)24(23(17)19-7-5-4-6-8-19)21-16-28(12-11-26-21)15-18-9-10-22(29-3)20(25)13-18/h4-10,13-14,21H,11-12,15-16H2,1-3H3. The number of methoxy groups -OCH3 is 1. The van der Waals surface area contributed by atoms with Crippen molar-refractivity contribution in [3.8, 4) is 16.9 Å². The molecule has 5 heteroatoms. The van der Waals surface area contributed by atoms with Crippen LogP contribution in [0.3, 0.4) is 0 Å². The maximum absolute atomic E-state index is 14.1. The van der Waals surface area contributed by atoms with Gasteiger partial charge in [-0.3, -0.25) is 4.90 Å². The van der Waals surface area contributed by atoms with Gasteiger partial charge in [0, 0.05) is 50.7 Å². The van der Waals surface area contributed by atoms with Gasteiger partial charge in [-0.2, -0.15) is 0 Å². The average Bonchev–Trinajstić information content (AvgIpc) is 3.03. The van der Waals surface area contributed by atoms with Crippen LogP contribution in [-0.2, 0) is 13.6 Å². The number of nitrogens with zero attached hydrogens (tertiary/aromatic N) is 3. The molecule has 1 radical (unpaired) electrons. The normalized spacial score (nSPS) is 17.4. The van der Waals surface area contributed by atoms with Crippen molar-refractivity contribution in [3.05, 3.63) is 77.4 Å². The lowest BCUT2D eigenvalue weighted by molar-refractivity contribution is 0.186. The monoisotopic (exact) mass is 392 g/mol. The van der Waals surface area contributed by atoms with Gasteiger partial charge in [0.25, 0.3) is 0 Å². The van der Waals surface area contributed by atoms with Crippen LogP contribution in [0.5, 0.6) is 5.75 Å². The summed E-state index contributed by atoms with van der Waals surface area (Å²) < 4.78 is 21.3. The molecule has 0 saturated carbocycles. The van der Waals surface area contributed by atoms with Crippen LogP contribution < -0.4 is 10.1 Å². The van der Waals surface area contributed by atoms with Crippen molar-refractivity contribution >= 4 is 0 Å². The van der Waals surface area contributed by atoms with Crippen molar-refractivity contribution in [2.24, 2.45) is 7.05 Å². The van der Waals surface area contributed by atoms with E-state index in [0.29, 0.717) is 6.54 Å². The third-order valence-corrected chi connectivity index (χ3v) is 5.62. The summed E-state index contributed by atoms with van der Waals surface area (Å²) in [5, 5.41) is 4.94. The highest BCUT2D eigenvalue weighted by atomic mass is 19.1. The smallest absolute Gasteiger partial charge is 0.165 e. The van der Waals surface area contributed by atoms with E-state index >= 15 is 0 Å². The summed E-state index contributed by atoms with van der Waals surface area (Å²) in [7, 11) is 3.59. The Balaban J connectivity index is 1.57. The third-order valence-electron chi connectivity index (χ3n) is 5.62. The zero-order chi connectivity index (χ0) is 20.4. The Morgan fingerprint density at radius 1 is 1.17 bits per heavy atom. The SMILES string of the molecule is COc1ccc(CN2CC[N]C(c3c(-c4ccccc4)c(C)cn3C)C2)cc1F. The van der Waals surface area contributed by atoms with Gasteiger partial charge in [-0.05, 0) is 35.7 Å². The van der Waals surface area contributed by atoms with E-state index in [4.69, 9.17) is 10.1 Å². The molecule has 1 aliphatic heterocycles. The second-order valence-electron chi connectivity index (χ2n) is 7.68. The van der Waals surface area contributed by atoms with Gasteiger partial charge < -0.3 is 9.30 Å². The lowest BCUT2D eigenvalue weighted by Crippen LogP contribution is -2.42. The lowest BCUT2D eigenvalue weighted by Gasteiger charge is -2.33. The maximum Gasteiger partial charge on any atom is 0.165 e. The van der Waals surface area contributed by atoms with E-state index in [1.54, 1.807) is 12.1 Å². The molecule has 1 atom stereocenters. The summed E-state index contributed by atoms with van der Waals surface area (Å²) in [4.78, 5) is 2.36. The van der Waals surface area contributed by atoms with Gasteiger partial charge in [0.1, 0.15) is 0 Å². The molecule has 0 N–H and O–H groups in total. The second-order valence-corrected chi connectivity index (χ2v) is 7.68. The molecule has 0 amide bonds. The van der Waals surface area contributed by atoms with Crippen LogP contribution in [0.2, 0.25) is 0 Å². The molecule has 1 unspecified atom stereocenters. The first-order valence-corrected chi connectivity index (χ1v) is 9.99. The zero-order valence-corrected chi connectivity index (χ0v) is 17.2. The van der Waals surface area contributed by atoms with Crippen molar-refractivity contribution in [1.29, 1.82) is 0 Å². The first kappa shape index (κ1) is 19.7. The van der Waals surface area contributed by atoms with Gasteiger partial charge >= 0.3 is 0 Å². The van der Waals surface area contributed by atoms with Gasteiger partial charge in [-0.15, -0.1) is 0 Å². The summed E-state index contributed by atoms with van der Waals surface area (Å²) in [5.41, 5.74) is 5.97. The zero-order valence-electron chi connectivity index (χ0n) is 17.2. The fourth-order valence-electron chi connectivity index (χ4n) is 4.32. The number of hydrogen-bond donors (Lipinski definition) is 0. The molecule has 1 saturated heterocycles. The Hall–Kier alpha value is -2.63. The van der Waals surface area contributed by atoms with E-state index < -0.39 is 0 Å². The van der Waals surface area contributed by atoms with Crippen LogP contribution >= 0.6 is 0 Å². The average molecular weight is 392 g/mol. The minimum Gasteiger partial charge on any atom is -0.494 e. The van der Waals surface area contributed by atoms with Gasteiger partial charge in [-0.1, -0.05) is 36.4 Å². The van der Waals surface area contributed by atoms with Crippen molar-refractivity contribution in [1.82, 2.24) is 14.8 Å². The van der Waals surface area contributed by atoms with Crippen LogP contribution in [0.25, 0.3) is 11.1 Å². The fourth-order valence-corrected chi connectivity index (χ4v) is 4.32. The minimum absolute atomic E-state index is 0.0979. The van der Waals surface area contributed by atoms with E-state index in [1.807, 2.05) is 12.1 Å². The summed E-state index contributed by atoms with van der Waals surface area (Å²) in [5.74, 6) is -0.0280. The molecule has 3 aromatic rings. The molecular formula is C24H27FN3O. The molecule has 29 heavy (non-hydrogen) atoms. The third kappa shape index (κ3) is 4.07. The van der Waals surface area contributed by atoms with E-state index in [2.05, 4.69) is 53.9 Å². The molecule has 151 valence electrons. The fraction of sp³-hybridized carbons (Fsp3) is 0.333. The van der Waals surface area contributed by atoms with E-state index in [-0.39, 0.29) is 17.6 Å². The molecule has 0 aliphatic carbocycles. The highest BCUT2D eigenvalue weighted by Crippen LogP contribution is 2.34. The Labute approximate surface area is 171 Å². The summed E-state index contributed by atoms with van der Waals surface area (Å²) in [6.07, 6.45) is 2.19. The largest absolute Gasteiger partial charge is 0.494 e. The predicted molar refractivity (Wildman–Crippen MR) is 114 cm³/mol. The highest BCUT2D eigenvalue weighted by Gasteiger charge is 2.27. The highest BCUT2D eigenvalue weighted by molar-refractivity contribution is 5.71. The van der Waals surface area contributed by atoms with E-state index in [9.17, 15) is 4.39 Å². The van der Waals surface area contributed by atoms with Crippen LogP contribution in [0.1, 0.15) is 22.9 Å². The van der Waals surface area contributed by atoms with Gasteiger partial charge in [0.15, 0.2) is 11.6 Å². The lowest BCUT2D eigenvalue weighted by atomic mass is 9.97. The van der Waals surface area contributed by atoms with Crippen molar-refractivity contribution in [2.45, 2.75) is 19.5 Å². The quantitative estimate of drug-likeness (QED) is 0.648. The molecule has 1 fully saturated rings.